The summed E-state index contributed by atoms with van der Waals surface area (Å²) in [6.45, 7) is 1.65. The number of ether oxygens (including phenoxy) is 1. The van der Waals surface area contributed by atoms with Gasteiger partial charge in [0.1, 0.15) is 0 Å². The fourth-order valence-electron chi connectivity index (χ4n) is 2.24. The van der Waals surface area contributed by atoms with Gasteiger partial charge >= 0.3 is 0 Å². The van der Waals surface area contributed by atoms with Gasteiger partial charge in [-0.1, -0.05) is 6.07 Å². The van der Waals surface area contributed by atoms with Crippen molar-refractivity contribution in [1.29, 1.82) is 0 Å². The molecule has 0 atom stereocenters. The number of rotatable bonds is 4. The molecule has 0 radical (unpaired) electrons. The third-order valence-electron chi connectivity index (χ3n) is 3.36. The van der Waals surface area contributed by atoms with Crippen LogP contribution in [0.3, 0.4) is 0 Å². The largest absolute Gasteiger partial charge is 0.491 e. The number of hydrogen-bond acceptors (Lipinski definition) is 5. The van der Waals surface area contributed by atoms with Crippen molar-refractivity contribution in [3.05, 3.63) is 59.5 Å². The lowest BCUT2D eigenvalue weighted by Crippen LogP contribution is -2.12. The van der Waals surface area contributed by atoms with E-state index in [9.17, 15) is 13.6 Å². The molecule has 3 aromatic rings. The Morgan fingerprint density at radius 1 is 1.16 bits per heavy atom. The summed E-state index contributed by atoms with van der Waals surface area (Å²) in [5.74, 6) is -2.20. The van der Waals surface area contributed by atoms with Gasteiger partial charge < -0.3 is 14.5 Å². The Balaban J connectivity index is 1.84. The molecule has 0 aliphatic carbocycles. The third-order valence-corrected chi connectivity index (χ3v) is 3.36. The molecule has 0 saturated carbocycles. The molecule has 1 aromatic heterocycles. The molecule has 0 aliphatic heterocycles. The number of nitrogens with zero attached hydrogens (tertiary/aromatic N) is 2. The predicted octanol–water partition coefficient (Wildman–Crippen LogP) is 3.58. The summed E-state index contributed by atoms with van der Waals surface area (Å²) in [6.07, 6.45) is 0. The number of benzene rings is 2. The molecule has 8 heteroatoms. The van der Waals surface area contributed by atoms with Gasteiger partial charge in [-0.25, -0.2) is 8.78 Å². The van der Waals surface area contributed by atoms with E-state index >= 15 is 0 Å². The van der Waals surface area contributed by atoms with E-state index in [0.717, 1.165) is 19.2 Å². The second kappa shape index (κ2) is 6.68. The van der Waals surface area contributed by atoms with E-state index in [-0.39, 0.29) is 17.1 Å². The smallest absolute Gasteiger partial charge is 0.255 e. The zero-order chi connectivity index (χ0) is 18.0. The molecule has 0 fully saturated rings. The molecule has 1 heterocycles. The first-order chi connectivity index (χ1) is 12.0. The SMILES string of the molecule is COc1c(F)cc(NC(=O)c2cccc(-c3nnc(C)o3)c2)cc1F. The zero-order valence-corrected chi connectivity index (χ0v) is 13.3. The second-order valence-corrected chi connectivity index (χ2v) is 5.13. The number of aromatic nitrogens is 2. The summed E-state index contributed by atoms with van der Waals surface area (Å²) in [5.41, 5.74) is 0.796. The lowest BCUT2D eigenvalue weighted by molar-refractivity contribution is 0.102. The van der Waals surface area contributed by atoms with Gasteiger partial charge in [0.15, 0.2) is 17.4 Å². The highest BCUT2D eigenvalue weighted by Crippen LogP contribution is 2.26. The van der Waals surface area contributed by atoms with Gasteiger partial charge in [-0.05, 0) is 18.2 Å². The standard InChI is InChI=1S/C17H13F2N3O3/c1-9-21-22-17(25-9)11-5-3-4-10(6-11)16(23)20-12-7-13(18)15(24-2)14(19)8-12/h3-8H,1-2H3,(H,20,23). The fraction of sp³-hybridized carbons (Fsp3) is 0.118. The Hall–Kier alpha value is -3.29. The third kappa shape index (κ3) is 3.47. The van der Waals surface area contributed by atoms with Crippen molar-refractivity contribution >= 4 is 11.6 Å². The van der Waals surface area contributed by atoms with Crippen molar-refractivity contribution in [2.24, 2.45) is 0 Å². The number of carbonyl (C=O) groups is 1. The lowest BCUT2D eigenvalue weighted by Gasteiger charge is -2.09. The van der Waals surface area contributed by atoms with E-state index in [1.165, 1.54) is 0 Å². The summed E-state index contributed by atoms with van der Waals surface area (Å²) >= 11 is 0. The Labute approximate surface area is 141 Å². The van der Waals surface area contributed by atoms with Gasteiger partial charge in [-0.3, -0.25) is 4.79 Å². The van der Waals surface area contributed by atoms with Crippen LogP contribution in [0.2, 0.25) is 0 Å². The Kier molecular flexibility index (Phi) is 4.42. The van der Waals surface area contributed by atoms with Crippen LogP contribution < -0.4 is 10.1 Å². The molecule has 0 spiro atoms. The van der Waals surface area contributed by atoms with Crippen molar-refractivity contribution in [2.75, 3.05) is 12.4 Å². The molecule has 1 N–H and O–H groups in total. The van der Waals surface area contributed by atoms with Crippen LogP contribution in [0.15, 0.2) is 40.8 Å². The lowest BCUT2D eigenvalue weighted by atomic mass is 10.1. The molecule has 2 aromatic carbocycles. The number of anilines is 1. The molecule has 6 nitrogen and oxygen atoms in total. The molecule has 0 unspecified atom stereocenters. The van der Waals surface area contributed by atoms with Gasteiger partial charge in [-0.15, -0.1) is 10.2 Å². The van der Waals surface area contributed by atoms with Gasteiger partial charge in [0.2, 0.25) is 11.8 Å². The first-order valence-corrected chi connectivity index (χ1v) is 7.23. The number of aryl methyl sites for hydroxylation is 1. The van der Waals surface area contributed by atoms with Crippen LogP contribution in [0.5, 0.6) is 5.75 Å². The highest BCUT2D eigenvalue weighted by Gasteiger charge is 2.15. The Morgan fingerprint density at radius 2 is 1.88 bits per heavy atom. The van der Waals surface area contributed by atoms with E-state index in [2.05, 4.69) is 20.3 Å². The van der Waals surface area contributed by atoms with Crippen molar-refractivity contribution < 1.29 is 22.7 Å². The van der Waals surface area contributed by atoms with Crippen LogP contribution in [0.25, 0.3) is 11.5 Å². The molecule has 1 amide bonds. The maximum atomic E-state index is 13.7. The highest BCUT2D eigenvalue weighted by atomic mass is 19.1. The highest BCUT2D eigenvalue weighted by molar-refractivity contribution is 6.04. The maximum absolute atomic E-state index is 13.7. The number of carbonyl (C=O) groups excluding carboxylic acids is 1. The van der Waals surface area contributed by atoms with Crippen LogP contribution in [-0.4, -0.2) is 23.2 Å². The molecule has 0 bridgehead atoms. The summed E-state index contributed by atoms with van der Waals surface area (Å²) in [7, 11) is 1.16. The van der Waals surface area contributed by atoms with E-state index in [1.54, 1.807) is 31.2 Å². The molecule has 3 rings (SSSR count). The zero-order valence-electron chi connectivity index (χ0n) is 13.3. The number of hydrogen-bond donors (Lipinski definition) is 1. The van der Waals surface area contributed by atoms with Crippen molar-refractivity contribution in [3.8, 4) is 17.2 Å². The van der Waals surface area contributed by atoms with Gasteiger partial charge in [0, 0.05) is 35.9 Å². The van der Waals surface area contributed by atoms with Gasteiger partial charge in [-0.2, -0.15) is 0 Å². The van der Waals surface area contributed by atoms with Gasteiger partial charge in [0.05, 0.1) is 7.11 Å². The van der Waals surface area contributed by atoms with E-state index in [0.29, 0.717) is 11.5 Å². The average molecular weight is 345 g/mol. The van der Waals surface area contributed by atoms with Crippen LogP contribution in [-0.2, 0) is 0 Å². The van der Waals surface area contributed by atoms with Crippen molar-refractivity contribution in [2.45, 2.75) is 6.92 Å². The molecule has 0 aliphatic rings. The summed E-state index contributed by atoms with van der Waals surface area (Å²) < 4.78 is 37.3. The van der Waals surface area contributed by atoms with Crippen LogP contribution in [0.4, 0.5) is 14.5 Å². The predicted molar refractivity (Wildman–Crippen MR) is 85.3 cm³/mol. The number of amides is 1. The molecule has 128 valence electrons. The first kappa shape index (κ1) is 16.6. The minimum atomic E-state index is -0.909. The molecule has 25 heavy (non-hydrogen) atoms. The quantitative estimate of drug-likeness (QED) is 0.782. The van der Waals surface area contributed by atoms with Crippen molar-refractivity contribution in [3.63, 3.8) is 0 Å². The summed E-state index contributed by atoms with van der Waals surface area (Å²) in [6, 6.07) is 8.39. The maximum Gasteiger partial charge on any atom is 0.255 e. The monoisotopic (exact) mass is 345 g/mol. The number of nitrogens with one attached hydrogen (secondary N) is 1. The summed E-state index contributed by atoms with van der Waals surface area (Å²) in [4.78, 5) is 12.3. The van der Waals surface area contributed by atoms with Crippen molar-refractivity contribution in [1.82, 2.24) is 10.2 Å². The van der Waals surface area contributed by atoms with Gasteiger partial charge in [0.25, 0.3) is 5.91 Å². The first-order valence-electron chi connectivity index (χ1n) is 7.23. The van der Waals surface area contributed by atoms with E-state index < -0.39 is 23.3 Å². The second-order valence-electron chi connectivity index (χ2n) is 5.13. The minimum absolute atomic E-state index is 0.0279. The van der Waals surface area contributed by atoms with Crippen LogP contribution in [0, 0.1) is 18.6 Å². The molecular formula is C17H13F2N3O3. The topological polar surface area (TPSA) is 77.2 Å². The fourth-order valence-corrected chi connectivity index (χ4v) is 2.24. The van der Waals surface area contributed by atoms with E-state index in [1.807, 2.05) is 0 Å². The molecule has 0 saturated heterocycles. The number of methoxy groups -OCH3 is 1. The Bertz CT molecular complexity index is 917. The molecular weight excluding hydrogens is 332 g/mol. The van der Waals surface area contributed by atoms with Crippen LogP contribution >= 0.6 is 0 Å². The van der Waals surface area contributed by atoms with E-state index in [4.69, 9.17) is 4.42 Å². The minimum Gasteiger partial charge on any atom is -0.491 e. The summed E-state index contributed by atoms with van der Waals surface area (Å²) in [5, 5.41) is 10.0. The Morgan fingerprint density at radius 3 is 2.48 bits per heavy atom. The number of halogens is 2. The normalized spacial score (nSPS) is 10.6. The average Bonchev–Trinajstić information content (AvgIpc) is 3.01. The van der Waals surface area contributed by atoms with Crippen LogP contribution in [0.1, 0.15) is 16.2 Å².